The van der Waals surface area contributed by atoms with Crippen molar-refractivity contribution in [3.63, 3.8) is 0 Å². The third kappa shape index (κ3) is 5.65. The summed E-state index contributed by atoms with van der Waals surface area (Å²) in [6.07, 6.45) is 0.734. The van der Waals surface area contributed by atoms with Gasteiger partial charge in [-0.1, -0.05) is 6.07 Å². The van der Waals surface area contributed by atoms with Crippen LogP contribution in [0.4, 0.5) is 5.69 Å². The van der Waals surface area contributed by atoms with Crippen LogP contribution in [0.2, 0.25) is 0 Å². The van der Waals surface area contributed by atoms with Crippen molar-refractivity contribution in [2.24, 2.45) is 9.63 Å². The Balaban J connectivity index is 3.00. The first-order chi connectivity index (χ1) is 8.83. The van der Waals surface area contributed by atoms with Crippen LogP contribution in [-0.4, -0.2) is 21.6 Å². The predicted molar refractivity (Wildman–Crippen MR) is 82.8 cm³/mol. The van der Waals surface area contributed by atoms with E-state index in [-0.39, 0.29) is 10.3 Å². The molecule has 0 atom stereocenters. The van der Waals surface area contributed by atoms with Gasteiger partial charge in [-0.3, -0.25) is 0 Å². The van der Waals surface area contributed by atoms with Crippen LogP contribution in [0.25, 0.3) is 0 Å². The average molecular weight is 298 g/mol. The van der Waals surface area contributed by atoms with Crippen LogP contribution in [-0.2, 0) is 6.42 Å². The SMILES string of the molecule is CC(C)(C)SN=Nc1cc(C(=O)O)ccc1CCS. The number of rotatable bonds is 5. The van der Waals surface area contributed by atoms with Gasteiger partial charge in [0, 0.05) is 16.7 Å². The van der Waals surface area contributed by atoms with E-state index >= 15 is 0 Å². The molecule has 104 valence electrons. The second-order valence-corrected chi connectivity index (χ2v) is 7.03. The summed E-state index contributed by atoms with van der Waals surface area (Å²) in [5, 5.41) is 13.1. The van der Waals surface area contributed by atoms with E-state index in [2.05, 4.69) is 22.3 Å². The maximum absolute atomic E-state index is 11.0. The zero-order valence-corrected chi connectivity index (χ0v) is 13.0. The highest BCUT2D eigenvalue weighted by Gasteiger charge is 2.11. The number of thiol groups is 1. The average Bonchev–Trinajstić information content (AvgIpc) is 2.29. The molecule has 1 rings (SSSR count). The number of aryl methyl sites for hydroxylation is 1. The van der Waals surface area contributed by atoms with Crippen molar-refractivity contribution in [3.05, 3.63) is 29.3 Å². The molecule has 0 saturated carbocycles. The molecule has 1 aromatic rings. The number of benzene rings is 1. The summed E-state index contributed by atoms with van der Waals surface area (Å²) in [5.41, 5.74) is 1.78. The van der Waals surface area contributed by atoms with Gasteiger partial charge in [-0.05, 0) is 50.6 Å². The number of nitrogens with zero attached hydrogens (tertiary/aromatic N) is 2. The summed E-state index contributed by atoms with van der Waals surface area (Å²) in [6, 6.07) is 4.90. The normalized spacial score (nSPS) is 12.0. The highest BCUT2D eigenvalue weighted by Crippen LogP contribution is 2.28. The van der Waals surface area contributed by atoms with Crippen LogP contribution in [0.5, 0.6) is 0 Å². The number of carboxylic acid groups (broad SMARTS) is 1. The summed E-state index contributed by atoms with van der Waals surface area (Å²) >= 11 is 5.55. The van der Waals surface area contributed by atoms with E-state index in [1.165, 1.54) is 11.9 Å². The summed E-state index contributed by atoms with van der Waals surface area (Å²) < 4.78 is 4.06. The molecule has 0 saturated heterocycles. The lowest BCUT2D eigenvalue weighted by molar-refractivity contribution is 0.0697. The van der Waals surface area contributed by atoms with Crippen molar-refractivity contribution >= 4 is 36.2 Å². The largest absolute Gasteiger partial charge is 0.478 e. The predicted octanol–water partition coefficient (Wildman–Crippen LogP) is 4.39. The minimum absolute atomic E-state index is 0.0163. The molecular formula is C13H18N2O2S2. The van der Waals surface area contributed by atoms with Gasteiger partial charge in [0.15, 0.2) is 0 Å². The van der Waals surface area contributed by atoms with Crippen LogP contribution in [0, 0.1) is 0 Å². The van der Waals surface area contributed by atoms with Gasteiger partial charge in [0.25, 0.3) is 0 Å². The van der Waals surface area contributed by atoms with E-state index in [0.29, 0.717) is 11.4 Å². The minimum atomic E-state index is -0.961. The number of hydrogen-bond acceptors (Lipinski definition) is 5. The Morgan fingerprint density at radius 3 is 2.63 bits per heavy atom. The van der Waals surface area contributed by atoms with Crippen molar-refractivity contribution in [2.75, 3.05) is 5.75 Å². The van der Waals surface area contributed by atoms with E-state index in [0.717, 1.165) is 12.0 Å². The molecule has 0 aliphatic heterocycles. The van der Waals surface area contributed by atoms with Gasteiger partial charge in [-0.15, -0.1) is 9.63 Å². The molecule has 1 aromatic carbocycles. The van der Waals surface area contributed by atoms with E-state index in [1.54, 1.807) is 18.2 Å². The van der Waals surface area contributed by atoms with Crippen LogP contribution in [0.1, 0.15) is 36.7 Å². The van der Waals surface area contributed by atoms with Crippen molar-refractivity contribution in [1.29, 1.82) is 0 Å². The molecule has 0 aromatic heterocycles. The first-order valence-electron chi connectivity index (χ1n) is 5.90. The molecular weight excluding hydrogens is 280 g/mol. The summed E-state index contributed by atoms with van der Waals surface area (Å²) in [6.45, 7) is 6.12. The molecule has 0 fully saturated rings. The molecule has 0 unspecified atom stereocenters. The number of carboxylic acids is 1. The van der Waals surface area contributed by atoms with E-state index < -0.39 is 5.97 Å². The Kier molecular flexibility index (Phi) is 5.87. The molecule has 6 heteroatoms. The lowest BCUT2D eigenvalue weighted by atomic mass is 10.1. The number of aromatic carboxylic acids is 1. The van der Waals surface area contributed by atoms with Gasteiger partial charge >= 0.3 is 5.97 Å². The quantitative estimate of drug-likeness (QED) is 0.481. The van der Waals surface area contributed by atoms with Crippen molar-refractivity contribution in [2.45, 2.75) is 31.9 Å². The van der Waals surface area contributed by atoms with Gasteiger partial charge in [0.1, 0.15) is 0 Å². The van der Waals surface area contributed by atoms with Crippen LogP contribution >= 0.6 is 24.6 Å². The van der Waals surface area contributed by atoms with Gasteiger partial charge in [0.05, 0.1) is 11.3 Å². The van der Waals surface area contributed by atoms with Crippen LogP contribution < -0.4 is 0 Å². The number of carbonyl (C=O) groups is 1. The summed E-state index contributed by atoms with van der Waals surface area (Å²) in [7, 11) is 0. The topological polar surface area (TPSA) is 62.0 Å². The summed E-state index contributed by atoms with van der Waals surface area (Å²) in [5.74, 6) is -0.279. The van der Waals surface area contributed by atoms with Gasteiger partial charge < -0.3 is 5.11 Å². The molecule has 0 amide bonds. The standard InChI is InChI=1S/C13H18N2O2S2/c1-13(2,3)19-15-14-11-8-10(12(16)17)5-4-9(11)6-7-18/h4-5,8,18H,6-7H2,1-3H3,(H,16,17). The molecule has 0 bridgehead atoms. The second-order valence-electron chi connectivity index (χ2n) is 5.01. The Hall–Kier alpha value is -1.01. The zero-order valence-electron chi connectivity index (χ0n) is 11.3. The van der Waals surface area contributed by atoms with Crippen LogP contribution in [0.3, 0.4) is 0 Å². The van der Waals surface area contributed by atoms with E-state index in [9.17, 15) is 4.79 Å². The monoisotopic (exact) mass is 298 g/mol. The third-order valence-electron chi connectivity index (χ3n) is 2.18. The van der Waals surface area contributed by atoms with E-state index in [1.807, 2.05) is 20.8 Å². The van der Waals surface area contributed by atoms with Crippen LogP contribution in [0.15, 0.2) is 27.8 Å². The molecule has 0 heterocycles. The first kappa shape index (κ1) is 16.0. The molecule has 0 radical (unpaired) electrons. The van der Waals surface area contributed by atoms with Gasteiger partial charge in [0.2, 0.25) is 0 Å². The zero-order chi connectivity index (χ0) is 14.5. The number of hydrogen-bond donors (Lipinski definition) is 2. The fourth-order valence-electron chi connectivity index (χ4n) is 1.31. The highest BCUT2D eigenvalue weighted by atomic mass is 32.2. The highest BCUT2D eigenvalue weighted by molar-refractivity contribution is 7.99. The third-order valence-corrected chi connectivity index (χ3v) is 3.11. The molecule has 19 heavy (non-hydrogen) atoms. The maximum Gasteiger partial charge on any atom is 0.335 e. The Morgan fingerprint density at radius 1 is 1.42 bits per heavy atom. The lowest BCUT2D eigenvalue weighted by Crippen LogP contribution is -2.04. The molecule has 4 nitrogen and oxygen atoms in total. The molecule has 0 spiro atoms. The smallest absolute Gasteiger partial charge is 0.335 e. The van der Waals surface area contributed by atoms with Crippen molar-refractivity contribution in [3.8, 4) is 0 Å². The maximum atomic E-state index is 11.0. The second kappa shape index (κ2) is 6.96. The summed E-state index contributed by atoms with van der Waals surface area (Å²) in [4.78, 5) is 11.0. The minimum Gasteiger partial charge on any atom is -0.478 e. The lowest BCUT2D eigenvalue weighted by Gasteiger charge is -2.11. The first-order valence-corrected chi connectivity index (χ1v) is 7.30. The Labute approximate surface area is 123 Å². The molecule has 1 N–H and O–H groups in total. The fourth-order valence-corrected chi connectivity index (χ4v) is 1.92. The Morgan fingerprint density at radius 2 is 2.11 bits per heavy atom. The molecule has 0 aliphatic rings. The fraction of sp³-hybridized carbons (Fsp3) is 0.462. The molecule has 0 aliphatic carbocycles. The van der Waals surface area contributed by atoms with Gasteiger partial charge in [-0.25, -0.2) is 4.79 Å². The van der Waals surface area contributed by atoms with Gasteiger partial charge in [-0.2, -0.15) is 12.6 Å². The van der Waals surface area contributed by atoms with Crippen molar-refractivity contribution in [1.82, 2.24) is 0 Å². The Bertz CT molecular complexity index is 482. The van der Waals surface area contributed by atoms with Crippen molar-refractivity contribution < 1.29 is 9.90 Å². The van der Waals surface area contributed by atoms with E-state index in [4.69, 9.17) is 5.11 Å².